The number of rotatable bonds is 7. The van der Waals surface area contributed by atoms with Gasteiger partial charge in [0.15, 0.2) is 0 Å². The summed E-state index contributed by atoms with van der Waals surface area (Å²) >= 11 is 0. The molecule has 0 unspecified atom stereocenters. The number of carbonyl (C=O) groups excluding carboxylic acids is 1. The molecule has 5 rings (SSSR count). The highest BCUT2D eigenvalue weighted by molar-refractivity contribution is 5.94. The van der Waals surface area contributed by atoms with Gasteiger partial charge in [-0.1, -0.05) is 60.7 Å². The summed E-state index contributed by atoms with van der Waals surface area (Å²) < 4.78 is 5.81. The van der Waals surface area contributed by atoms with Crippen LogP contribution in [-0.4, -0.2) is 29.0 Å². The number of carbonyl (C=O) groups is 1. The van der Waals surface area contributed by atoms with Crippen LogP contribution in [0.25, 0.3) is 11.3 Å². The summed E-state index contributed by atoms with van der Waals surface area (Å²) in [5, 5.41) is 3.00. The number of benzene rings is 3. The van der Waals surface area contributed by atoms with Gasteiger partial charge in [-0.2, -0.15) is 0 Å². The van der Waals surface area contributed by atoms with E-state index < -0.39 is 0 Å². The van der Waals surface area contributed by atoms with Crippen LogP contribution < -0.4 is 15.0 Å². The van der Waals surface area contributed by atoms with E-state index in [1.807, 2.05) is 91.0 Å². The Hall–Kier alpha value is -4.19. The Bertz CT molecular complexity index is 1210. The molecule has 2 heterocycles. The van der Waals surface area contributed by atoms with Crippen LogP contribution in [0.3, 0.4) is 0 Å². The fraction of sp³-hybridized carbons (Fsp3) is 0.148. The number of nitrogens with one attached hydrogen (secondary N) is 1. The Morgan fingerprint density at radius 3 is 2.33 bits per heavy atom. The molecule has 3 aromatic carbocycles. The van der Waals surface area contributed by atoms with E-state index in [0.29, 0.717) is 19.7 Å². The van der Waals surface area contributed by atoms with Gasteiger partial charge in [-0.25, -0.2) is 9.97 Å². The molecular formula is C27H24N4O2. The van der Waals surface area contributed by atoms with Crippen molar-refractivity contribution in [1.29, 1.82) is 0 Å². The van der Waals surface area contributed by atoms with E-state index in [-0.39, 0.29) is 11.8 Å². The minimum absolute atomic E-state index is 0.0153. The molecule has 164 valence electrons. The molecule has 1 aromatic heterocycles. The molecule has 0 aliphatic carbocycles. The first kappa shape index (κ1) is 20.7. The summed E-state index contributed by atoms with van der Waals surface area (Å²) in [6, 6.07) is 29.5. The summed E-state index contributed by atoms with van der Waals surface area (Å²) in [4.78, 5) is 23.5. The van der Waals surface area contributed by atoms with Crippen molar-refractivity contribution in [3.05, 3.63) is 103 Å². The Kier molecular flexibility index (Phi) is 5.97. The van der Waals surface area contributed by atoms with Gasteiger partial charge >= 0.3 is 0 Å². The predicted molar refractivity (Wildman–Crippen MR) is 129 cm³/mol. The molecule has 0 saturated carbocycles. The van der Waals surface area contributed by atoms with Gasteiger partial charge in [-0.15, -0.1) is 0 Å². The molecule has 1 saturated heterocycles. The maximum absolute atomic E-state index is 12.7. The zero-order valence-corrected chi connectivity index (χ0v) is 18.1. The van der Waals surface area contributed by atoms with E-state index in [2.05, 4.69) is 20.2 Å². The van der Waals surface area contributed by atoms with Gasteiger partial charge in [-0.3, -0.25) is 4.79 Å². The van der Waals surface area contributed by atoms with E-state index in [1.165, 1.54) is 0 Å². The van der Waals surface area contributed by atoms with Crippen LogP contribution in [0.2, 0.25) is 0 Å². The van der Waals surface area contributed by atoms with Crippen LogP contribution in [0.1, 0.15) is 5.56 Å². The maximum atomic E-state index is 12.7. The van der Waals surface area contributed by atoms with Gasteiger partial charge in [-0.05, 0) is 29.8 Å². The predicted octanol–water partition coefficient (Wildman–Crippen LogP) is 4.80. The molecule has 6 nitrogen and oxygen atoms in total. The second kappa shape index (κ2) is 9.53. The van der Waals surface area contributed by atoms with Crippen LogP contribution >= 0.6 is 0 Å². The molecule has 1 aliphatic rings. The zero-order chi connectivity index (χ0) is 22.5. The maximum Gasteiger partial charge on any atom is 0.231 e. The summed E-state index contributed by atoms with van der Waals surface area (Å²) in [6.45, 7) is 1.78. The SMILES string of the molecule is O=C(Nc1ccc(OCc2ccccc2)cc1)C1CN(c2cc(-c3ccccc3)ncn2)C1. The zero-order valence-electron chi connectivity index (χ0n) is 18.1. The van der Waals surface area contributed by atoms with Crippen LogP contribution in [-0.2, 0) is 11.4 Å². The molecular weight excluding hydrogens is 412 g/mol. The minimum atomic E-state index is -0.0749. The van der Waals surface area contributed by atoms with E-state index in [0.717, 1.165) is 34.1 Å². The van der Waals surface area contributed by atoms with Crippen LogP contribution in [0.4, 0.5) is 11.5 Å². The normalized spacial score (nSPS) is 13.3. The van der Waals surface area contributed by atoms with Gasteiger partial charge in [0.25, 0.3) is 0 Å². The Labute approximate surface area is 192 Å². The largest absolute Gasteiger partial charge is 0.489 e. The van der Waals surface area contributed by atoms with Crippen molar-refractivity contribution < 1.29 is 9.53 Å². The summed E-state index contributed by atoms with van der Waals surface area (Å²) in [5.41, 5.74) is 3.80. The van der Waals surface area contributed by atoms with Gasteiger partial charge in [0.1, 0.15) is 24.5 Å². The lowest BCUT2D eigenvalue weighted by Gasteiger charge is -2.39. The van der Waals surface area contributed by atoms with Crippen molar-refractivity contribution in [3.63, 3.8) is 0 Å². The van der Waals surface area contributed by atoms with Gasteiger partial charge in [0.2, 0.25) is 5.91 Å². The van der Waals surface area contributed by atoms with Gasteiger partial charge in [0.05, 0.1) is 11.6 Å². The first-order valence-corrected chi connectivity index (χ1v) is 10.9. The van der Waals surface area contributed by atoms with Crippen molar-refractivity contribution in [1.82, 2.24) is 9.97 Å². The number of nitrogens with zero attached hydrogens (tertiary/aromatic N) is 3. The fourth-order valence-electron chi connectivity index (χ4n) is 3.74. The number of amides is 1. The minimum Gasteiger partial charge on any atom is -0.489 e. The van der Waals surface area contributed by atoms with Crippen molar-refractivity contribution in [2.24, 2.45) is 5.92 Å². The first-order chi connectivity index (χ1) is 16.2. The summed E-state index contributed by atoms with van der Waals surface area (Å²) in [7, 11) is 0. The summed E-state index contributed by atoms with van der Waals surface area (Å²) in [6.07, 6.45) is 1.58. The second-order valence-corrected chi connectivity index (χ2v) is 8.02. The van der Waals surface area contributed by atoms with Gasteiger partial charge in [0, 0.05) is 30.4 Å². The second-order valence-electron chi connectivity index (χ2n) is 8.02. The Morgan fingerprint density at radius 2 is 1.61 bits per heavy atom. The molecule has 1 fully saturated rings. The highest BCUT2D eigenvalue weighted by Gasteiger charge is 2.33. The fourth-order valence-corrected chi connectivity index (χ4v) is 3.74. The highest BCUT2D eigenvalue weighted by Crippen LogP contribution is 2.27. The molecule has 4 aromatic rings. The van der Waals surface area contributed by atoms with Crippen molar-refractivity contribution >= 4 is 17.4 Å². The molecule has 0 spiro atoms. The number of anilines is 2. The molecule has 0 atom stereocenters. The molecule has 33 heavy (non-hydrogen) atoms. The lowest BCUT2D eigenvalue weighted by atomic mass is 9.99. The van der Waals surface area contributed by atoms with Crippen LogP contribution in [0.5, 0.6) is 5.75 Å². The molecule has 1 N–H and O–H groups in total. The van der Waals surface area contributed by atoms with Gasteiger partial charge < -0.3 is 15.0 Å². The number of hydrogen-bond acceptors (Lipinski definition) is 5. The van der Waals surface area contributed by atoms with E-state index >= 15 is 0 Å². The molecule has 1 aliphatic heterocycles. The van der Waals surface area contributed by atoms with E-state index in [1.54, 1.807) is 6.33 Å². The Balaban J connectivity index is 1.13. The standard InChI is InChI=1S/C27H24N4O2/c32-27(30-23-11-13-24(14-12-23)33-18-20-7-3-1-4-8-20)22-16-31(17-22)26-15-25(28-19-29-26)21-9-5-2-6-10-21/h1-15,19,22H,16-18H2,(H,30,32). The molecule has 0 bridgehead atoms. The third-order valence-corrected chi connectivity index (χ3v) is 5.67. The van der Waals surface area contributed by atoms with Crippen LogP contribution in [0.15, 0.2) is 97.3 Å². The molecule has 6 heteroatoms. The smallest absolute Gasteiger partial charge is 0.231 e. The monoisotopic (exact) mass is 436 g/mol. The van der Waals surface area contributed by atoms with Crippen molar-refractivity contribution in [2.75, 3.05) is 23.3 Å². The highest BCUT2D eigenvalue weighted by atomic mass is 16.5. The Morgan fingerprint density at radius 1 is 0.909 bits per heavy atom. The quantitative estimate of drug-likeness (QED) is 0.451. The first-order valence-electron chi connectivity index (χ1n) is 10.9. The van der Waals surface area contributed by atoms with Crippen LogP contribution in [0, 0.1) is 5.92 Å². The average Bonchev–Trinajstić information content (AvgIpc) is 2.84. The molecule has 0 radical (unpaired) electrons. The third kappa shape index (κ3) is 5.01. The lowest BCUT2D eigenvalue weighted by Crippen LogP contribution is -2.52. The lowest BCUT2D eigenvalue weighted by molar-refractivity contribution is -0.120. The summed E-state index contributed by atoms with van der Waals surface area (Å²) in [5.74, 6) is 1.55. The topological polar surface area (TPSA) is 67.3 Å². The number of hydrogen-bond donors (Lipinski definition) is 1. The van der Waals surface area contributed by atoms with E-state index in [9.17, 15) is 4.79 Å². The van der Waals surface area contributed by atoms with Crippen molar-refractivity contribution in [3.8, 4) is 17.0 Å². The third-order valence-electron chi connectivity index (χ3n) is 5.67. The number of ether oxygens (including phenoxy) is 1. The average molecular weight is 437 g/mol. The van der Waals surface area contributed by atoms with Crippen molar-refractivity contribution in [2.45, 2.75) is 6.61 Å². The van der Waals surface area contributed by atoms with E-state index in [4.69, 9.17) is 4.74 Å². The number of aromatic nitrogens is 2. The molecule has 1 amide bonds.